The molecule has 0 spiro atoms. The van der Waals surface area contributed by atoms with Crippen LogP contribution in [0.4, 0.5) is 5.69 Å². The van der Waals surface area contributed by atoms with E-state index in [2.05, 4.69) is 5.10 Å². The zero-order valence-corrected chi connectivity index (χ0v) is 19.9. The molecule has 34 heavy (non-hydrogen) atoms. The van der Waals surface area contributed by atoms with Crippen LogP contribution in [0, 0.1) is 13.8 Å². The van der Waals surface area contributed by atoms with Gasteiger partial charge < -0.3 is 4.42 Å². The molecule has 0 saturated carbocycles. The molecule has 0 saturated heterocycles. The molecule has 0 unspecified atom stereocenters. The van der Waals surface area contributed by atoms with Gasteiger partial charge in [0.25, 0.3) is 15.9 Å². The fraction of sp³-hybridized carbons (Fsp3) is 0.160. The number of nitrogens with one attached hydrogen (secondary N) is 1. The summed E-state index contributed by atoms with van der Waals surface area (Å²) in [6.07, 6.45) is 1.64. The highest BCUT2D eigenvalue weighted by molar-refractivity contribution is 7.90. The number of furan rings is 1. The summed E-state index contributed by atoms with van der Waals surface area (Å²) in [5.41, 5.74) is 4.44. The second-order valence-electron chi connectivity index (χ2n) is 8.04. The van der Waals surface area contributed by atoms with Crippen LogP contribution in [-0.2, 0) is 19.6 Å². The maximum Gasteiger partial charge on any atom is 0.280 e. The minimum atomic E-state index is -3.91. The molecule has 174 valence electrons. The van der Waals surface area contributed by atoms with Crippen LogP contribution in [0.5, 0.6) is 0 Å². The Morgan fingerprint density at radius 2 is 1.74 bits per heavy atom. The molecular formula is C25H23N3O5S. The first-order valence-corrected chi connectivity index (χ1v) is 12.0. The van der Waals surface area contributed by atoms with Crippen LogP contribution < -0.4 is 9.73 Å². The summed E-state index contributed by atoms with van der Waals surface area (Å²) in [7, 11) is -3.91. The predicted octanol–water partition coefficient (Wildman–Crippen LogP) is 4.19. The van der Waals surface area contributed by atoms with E-state index in [4.69, 9.17) is 4.42 Å². The average Bonchev–Trinajstić information content (AvgIpc) is 3.33. The van der Waals surface area contributed by atoms with E-state index >= 15 is 0 Å². The smallest absolute Gasteiger partial charge is 0.280 e. The molecule has 1 aliphatic heterocycles. The highest BCUT2D eigenvalue weighted by Gasteiger charge is 2.30. The van der Waals surface area contributed by atoms with Gasteiger partial charge in [0.1, 0.15) is 11.5 Å². The van der Waals surface area contributed by atoms with E-state index in [1.165, 1.54) is 17.1 Å². The van der Waals surface area contributed by atoms with Gasteiger partial charge in [-0.15, -0.1) is 0 Å². The summed E-state index contributed by atoms with van der Waals surface area (Å²) in [6, 6.07) is 15.2. The molecular weight excluding hydrogens is 454 g/mol. The van der Waals surface area contributed by atoms with Crippen molar-refractivity contribution in [1.82, 2.24) is 4.72 Å². The molecule has 3 aromatic rings. The van der Waals surface area contributed by atoms with Gasteiger partial charge in [-0.1, -0.05) is 17.7 Å². The van der Waals surface area contributed by atoms with Crippen molar-refractivity contribution in [2.45, 2.75) is 32.6 Å². The van der Waals surface area contributed by atoms with Crippen molar-refractivity contribution >= 4 is 39.3 Å². The van der Waals surface area contributed by atoms with Crippen LogP contribution in [-0.4, -0.2) is 25.9 Å². The number of sulfonamides is 1. The molecule has 2 aromatic carbocycles. The Hall–Kier alpha value is -3.98. The molecule has 1 N–H and O–H groups in total. The zero-order chi connectivity index (χ0) is 24.6. The third-order valence-electron chi connectivity index (χ3n) is 5.28. The average molecular weight is 478 g/mol. The second kappa shape index (κ2) is 8.75. The van der Waals surface area contributed by atoms with Crippen molar-refractivity contribution in [3.05, 3.63) is 77.1 Å². The largest absolute Gasteiger partial charge is 0.457 e. The minimum absolute atomic E-state index is 0.0322. The molecule has 0 radical (unpaired) electrons. The Bertz CT molecular complexity index is 1460. The zero-order valence-electron chi connectivity index (χ0n) is 19.1. The lowest BCUT2D eigenvalue weighted by Crippen LogP contribution is -2.28. The number of carbonyl (C=O) groups is 2. The maximum absolute atomic E-state index is 13.1. The molecule has 0 fully saturated rings. The van der Waals surface area contributed by atoms with Gasteiger partial charge in [-0.05, 0) is 74.9 Å². The standard InChI is InChI=1S/C25H23N3O5S/c1-15-5-11-23(16(2)13-15)28-25(30)22(17(3)26-28)14-20-8-12-24(33-20)19-6-9-21(10-7-19)34(31,32)27-18(4)29/h5-14H,1-4H3,(H,27,29)/b22-14-. The van der Waals surface area contributed by atoms with Gasteiger partial charge in [-0.25, -0.2) is 13.1 Å². The molecule has 0 bridgehead atoms. The summed E-state index contributed by atoms with van der Waals surface area (Å²) in [4.78, 5) is 24.1. The summed E-state index contributed by atoms with van der Waals surface area (Å²) in [5, 5.41) is 5.83. The molecule has 8 nitrogen and oxygen atoms in total. The Morgan fingerprint density at radius 3 is 2.38 bits per heavy atom. The van der Waals surface area contributed by atoms with Crippen LogP contribution in [0.2, 0.25) is 0 Å². The monoisotopic (exact) mass is 477 g/mol. The number of aryl methyl sites for hydroxylation is 2. The van der Waals surface area contributed by atoms with Crippen LogP contribution in [0.3, 0.4) is 0 Å². The first kappa shape index (κ1) is 23.2. The lowest BCUT2D eigenvalue weighted by Gasteiger charge is -2.15. The minimum Gasteiger partial charge on any atom is -0.457 e. The van der Waals surface area contributed by atoms with E-state index in [9.17, 15) is 18.0 Å². The van der Waals surface area contributed by atoms with E-state index in [1.807, 2.05) is 36.8 Å². The van der Waals surface area contributed by atoms with Crippen molar-refractivity contribution in [3.63, 3.8) is 0 Å². The molecule has 2 amide bonds. The molecule has 1 aromatic heterocycles. The molecule has 9 heteroatoms. The Kier molecular flexibility index (Phi) is 5.97. The number of carbonyl (C=O) groups excluding carboxylic acids is 2. The fourth-order valence-electron chi connectivity index (χ4n) is 3.66. The van der Waals surface area contributed by atoms with Gasteiger partial charge in [0.2, 0.25) is 5.91 Å². The van der Waals surface area contributed by atoms with Gasteiger partial charge in [0, 0.05) is 12.5 Å². The molecule has 1 aliphatic rings. The summed E-state index contributed by atoms with van der Waals surface area (Å²) in [5.74, 6) is 0.0611. The Balaban J connectivity index is 1.57. The lowest BCUT2D eigenvalue weighted by molar-refractivity contribution is -0.117. The molecule has 0 aliphatic carbocycles. The van der Waals surface area contributed by atoms with Crippen LogP contribution in [0.15, 0.2) is 74.6 Å². The quantitative estimate of drug-likeness (QED) is 0.554. The normalized spacial score (nSPS) is 15.1. The number of nitrogens with zero attached hydrogens (tertiary/aromatic N) is 2. The van der Waals surface area contributed by atoms with Gasteiger partial charge in [0.15, 0.2) is 0 Å². The van der Waals surface area contributed by atoms with E-state index in [0.717, 1.165) is 23.7 Å². The number of amides is 2. The maximum atomic E-state index is 13.1. The number of hydrogen-bond donors (Lipinski definition) is 1. The highest BCUT2D eigenvalue weighted by Crippen LogP contribution is 2.30. The number of anilines is 1. The van der Waals surface area contributed by atoms with Gasteiger partial charge in [0.05, 0.1) is 21.9 Å². The Labute approximate surface area is 197 Å². The summed E-state index contributed by atoms with van der Waals surface area (Å²) in [6.45, 7) is 6.83. The third kappa shape index (κ3) is 4.55. The van der Waals surface area contributed by atoms with Crippen molar-refractivity contribution in [3.8, 4) is 11.3 Å². The van der Waals surface area contributed by atoms with E-state index in [-0.39, 0.29) is 10.8 Å². The summed E-state index contributed by atoms with van der Waals surface area (Å²) >= 11 is 0. The molecule has 0 atom stereocenters. The van der Waals surface area contributed by atoms with E-state index in [0.29, 0.717) is 28.4 Å². The first-order valence-electron chi connectivity index (χ1n) is 10.5. The number of hydrogen-bond acceptors (Lipinski definition) is 6. The molecule has 4 rings (SSSR count). The highest BCUT2D eigenvalue weighted by atomic mass is 32.2. The molecule has 2 heterocycles. The van der Waals surface area contributed by atoms with Crippen molar-refractivity contribution in [1.29, 1.82) is 0 Å². The van der Waals surface area contributed by atoms with Crippen molar-refractivity contribution < 1.29 is 22.4 Å². The second-order valence-corrected chi connectivity index (χ2v) is 9.72. The first-order chi connectivity index (χ1) is 16.0. The van der Waals surface area contributed by atoms with Crippen molar-refractivity contribution in [2.24, 2.45) is 5.10 Å². The number of benzene rings is 2. The topological polar surface area (TPSA) is 109 Å². The van der Waals surface area contributed by atoms with Gasteiger partial charge in [-0.2, -0.15) is 10.1 Å². The van der Waals surface area contributed by atoms with E-state index < -0.39 is 15.9 Å². The Morgan fingerprint density at radius 1 is 1.03 bits per heavy atom. The SMILES string of the molecule is CC(=O)NS(=O)(=O)c1ccc(-c2ccc(/C=C3\C(=O)N(c4ccc(C)cc4C)N=C3C)o2)cc1. The number of rotatable bonds is 5. The fourth-order valence-corrected chi connectivity index (χ4v) is 4.66. The van der Waals surface area contributed by atoms with E-state index in [1.54, 1.807) is 37.3 Å². The van der Waals surface area contributed by atoms with Crippen molar-refractivity contribution in [2.75, 3.05) is 5.01 Å². The van der Waals surface area contributed by atoms with Gasteiger partial charge in [-0.3, -0.25) is 9.59 Å². The summed E-state index contributed by atoms with van der Waals surface area (Å²) < 4.78 is 32.0. The third-order valence-corrected chi connectivity index (χ3v) is 6.73. The van der Waals surface area contributed by atoms with Crippen LogP contribution in [0.1, 0.15) is 30.7 Å². The predicted molar refractivity (Wildman–Crippen MR) is 130 cm³/mol. The van der Waals surface area contributed by atoms with Crippen LogP contribution >= 0.6 is 0 Å². The lowest BCUT2D eigenvalue weighted by atomic mass is 10.1. The van der Waals surface area contributed by atoms with Crippen LogP contribution in [0.25, 0.3) is 17.4 Å². The van der Waals surface area contributed by atoms with Gasteiger partial charge >= 0.3 is 0 Å². The number of hydrazone groups is 1.